The highest BCUT2D eigenvalue weighted by atomic mass is 32.2. The fourth-order valence-electron chi connectivity index (χ4n) is 1.99. The zero-order valence-corrected chi connectivity index (χ0v) is 14.3. The lowest BCUT2D eigenvalue weighted by Gasteiger charge is -2.01. The number of aromatic amines is 1. The molecule has 0 atom stereocenters. The molecule has 24 heavy (non-hydrogen) atoms. The van der Waals surface area contributed by atoms with E-state index in [4.69, 9.17) is 9.26 Å². The molecule has 2 heterocycles. The molecule has 0 radical (unpaired) electrons. The molecule has 0 fully saturated rings. The molecule has 0 saturated heterocycles. The van der Waals surface area contributed by atoms with Crippen LogP contribution < -0.4 is 10.3 Å². The first-order valence-electron chi connectivity index (χ1n) is 7.24. The summed E-state index contributed by atoms with van der Waals surface area (Å²) in [5.74, 6) is 2.17. The fourth-order valence-corrected chi connectivity index (χ4v) is 2.73. The predicted molar refractivity (Wildman–Crippen MR) is 90.2 cm³/mol. The highest BCUT2D eigenvalue weighted by Gasteiger charge is 2.11. The zero-order valence-electron chi connectivity index (χ0n) is 13.5. The molecule has 0 spiro atoms. The first-order chi connectivity index (χ1) is 11.6. The maximum atomic E-state index is 11.7. The first-order valence-corrected chi connectivity index (χ1v) is 8.22. The molecular weight excluding hydrogens is 328 g/mol. The minimum absolute atomic E-state index is 0.130. The molecule has 0 aliphatic carbocycles. The number of nitrogens with one attached hydrogen (secondary N) is 1. The Balaban J connectivity index is 1.71. The molecule has 0 unspecified atom stereocenters. The molecule has 3 aromatic rings. The van der Waals surface area contributed by atoms with Gasteiger partial charge in [-0.25, -0.2) is 4.98 Å². The molecule has 8 heteroatoms. The molecule has 2 aromatic heterocycles. The van der Waals surface area contributed by atoms with Gasteiger partial charge in [0.1, 0.15) is 5.75 Å². The normalized spacial score (nSPS) is 10.8. The van der Waals surface area contributed by atoms with Gasteiger partial charge >= 0.3 is 0 Å². The van der Waals surface area contributed by atoms with Crippen LogP contribution in [0.2, 0.25) is 0 Å². The molecular formula is C16H16N4O3S. The highest BCUT2D eigenvalue weighted by Crippen LogP contribution is 2.22. The summed E-state index contributed by atoms with van der Waals surface area (Å²) < 4.78 is 10.4. The lowest BCUT2D eigenvalue weighted by molar-refractivity contribution is 0.391. The van der Waals surface area contributed by atoms with Crippen molar-refractivity contribution in [1.29, 1.82) is 0 Å². The monoisotopic (exact) mass is 344 g/mol. The van der Waals surface area contributed by atoms with Crippen LogP contribution in [0.5, 0.6) is 5.75 Å². The maximum absolute atomic E-state index is 11.7. The van der Waals surface area contributed by atoms with Gasteiger partial charge in [-0.2, -0.15) is 4.98 Å². The minimum atomic E-state index is -0.130. The fraction of sp³-hybridized carbons (Fsp3) is 0.250. The van der Waals surface area contributed by atoms with Crippen LogP contribution >= 0.6 is 11.8 Å². The Morgan fingerprint density at radius 3 is 2.62 bits per heavy atom. The summed E-state index contributed by atoms with van der Waals surface area (Å²) in [5, 5.41) is 4.51. The standard InChI is InChI=1S/C16H16N4O3S/c1-9-10(2)17-16(19-15(9)21)24-8-13-18-14(20-23-13)11-4-6-12(22-3)7-5-11/h4-7H,8H2,1-3H3,(H,17,19,21). The average Bonchev–Trinajstić information content (AvgIpc) is 3.07. The van der Waals surface area contributed by atoms with Gasteiger partial charge < -0.3 is 14.2 Å². The smallest absolute Gasteiger partial charge is 0.254 e. The van der Waals surface area contributed by atoms with Crippen LogP contribution in [0.3, 0.4) is 0 Å². The second-order valence-electron chi connectivity index (χ2n) is 5.11. The third-order valence-electron chi connectivity index (χ3n) is 3.52. The third-order valence-corrected chi connectivity index (χ3v) is 4.38. The molecule has 1 aromatic carbocycles. The van der Waals surface area contributed by atoms with Gasteiger partial charge in [0.25, 0.3) is 5.56 Å². The van der Waals surface area contributed by atoms with Gasteiger partial charge in [-0.1, -0.05) is 16.9 Å². The lowest BCUT2D eigenvalue weighted by atomic mass is 10.2. The van der Waals surface area contributed by atoms with Crippen LogP contribution in [0.15, 0.2) is 38.7 Å². The molecule has 1 N–H and O–H groups in total. The number of nitrogens with zero attached hydrogens (tertiary/aromatic N) is 3. The molecule has 0 bridgehead atoms. The predicted octanol–water partition coefficient (Wildman–Crippen LogP) is 2.74. The maximum Gasteiger partial charge on any atom is 0.254 e. The van der Waals surface area contributed by atoms with Crippen LogP contribution in [-0.2, 0) is 5.75 Å². The summed E-state index contributed by atoms with van der Waals surface area (Å²) in [5.41, 5.74) is 2.05. The molecule has 0 saturated carbocycles. The Kier molecular flexibility index (Phi) is 4.66. The van der Waals surface area contributed by atoms with Crippen LogP contribution in [0.25, 0.3) is 11.4 Å². The second kappa shape index (κ2) is 6.88. The quantitative estimate of drug-likeness (QED) is 0.562. The van der Waals surface area contributed by atoms with Crippen molar-refractivity contribution in [2.24, 2.45) is 0 Å². The van der Waals surface area contributed by atoms with E-state index in [1.165, 1.54) is 11.8 Å². The Bertz CT molecular complexity index is 902. The van der Waals surface area contributed by atoms with E-state index in [1.807, 2.05) is 31.2 Å². The first kappa shape index (κ1) is 16.3. The molecule has 0 aliphatic rings. The van der Waals surface area contributed by atoms with E-state index in [0.717, 1.165) is 11.3 Å². The SMILES string of the molecule is COc1ccc(-c2noc(CSc3nc(C)c(C)c(=O)[nH]3)n2)cc1. The number of methoxy groups -OCH3 is 1. The summed E-state index contributed by atoms with van der Waals surface area (Å²) in [6.07, 6.45) is 0. The number of benzene rings is 1. The lowest BCUT2D eigenvalue weighted by Crippen LogP contribution is -2.14. The Morgan fingerprint density at radius 1 is 1.21 bits per heavy atom. The summed E-state index contributed by atoms with van der Waals surface area (Å²) in [7, 11) is 1.61. The number of rotatable bonds is 5. The van der Waals surface area contributed by atoms with Crippen molar-refractivity contribution in [1.82, 2.24) is 20.1 Å². The minimum Gasteiger partial charge on any atom is -0.497 e. The van der Waals surface area contributed by atoms with E-state index < -0.39 is 0 Å². The number of H-pyrrole nitrogens is 1. The Hall–Kier alpha value is -2.61. The van der Waals surface area contributed by atoms with Crippen LogP contribution in [-0.4, -0.2) is 27.2 Å². The summed E-state index contributed by atoms with van der Waals surface area (Å²) in [6.45, 7) is 3.55. The second-order valence-corrected chi connectivity index (χ2v) is 6.07. The number of aryl methyl sites for hydroxylation is 1. The summed E-state index contributed by atoms with van der Waals surface area (Å²) in [4.78, 5) is 23.2. The van der Waals surface area contributed by atoms with Gasteiger partial charge in [-0.15, -0.1) is 0 Å². The van der Waals surface area contributed by atoms with Gasteiger partial charge in [0.05, 0.1) is 12.9 Å². The van der Waals surface area contributed by atoms with E-state index in [0.29, 0.717) is 33.9 Å². The third kappa shape index (κ3) is 3.48. The zero-order chi connectivity index (χ0) is 17.1. The van der Waals surface area contributed by atoms with Crippen molar-refractivity contribution in [2.75, 3.05) is 7.11 Å². The number of aromatic nitrogens is 4. The Morgan fingerprint density at radius 2 is 1.96 bits per heavy atom. The molecule has 124 valence electrons. The van der Waals surface area contributed by atoms with Crippen LogP contribution in [0, 0.1) is 13.8 Å². The highest BCUT2D eigenvalue weighted by molar-refractivity contribution is 7.98. The van der Waals surface area contributed by atoms with Crippen molar-refractivity contribution in [2.45, 2.75) is 24.8 Å². The largest absolute Gasteiger partial charge is 0.497 e. The Labute approximate surface area is 142 Å². The summed E-state index contributed by atoms with van der Waals surface area (Å²) >= 11 is 1.34. The molecule has 0 aliphatic heterocycles. The van der Waals surface area contributed by atoms with Gasteiger partial charge in [0.15, 0.2) is 5.16 Å². The number of hydrogen-bond donors (Lipinski definition) is 1. The van der Waals surface area contributed by atoms with Crippen LogP contribution in [0.4, 0.5) is 0 Å². The van der Waals surface area contributed by atoms with Crippen molar-refractivity contribution >= 4 is 11.8 Å². The molecule has 0 amide bonds. The van der Waals surface area contributed by atoms with E-state index in [1.54, 1.807) is 14.0 Å². The van der Waals surface area contributed by atoms with Gasteiger partial charge in [-0.3, -0.25) is 4.79 Å². The van der Waals surface area contributed by atoms with Crippen molar-refractivity contribution in [3.05, 3.63) is 51.8 Å². The molecule has 7 nitrogen and oxygen atoms in total. The van der Waals surface area contributed by atoms with Crippen molar-refractivity contribution in [3.63, 3.8) is 0 Å². The van der Waals surface area contributed by atoms with E-state index in [9.17, 15) is 4.79 Å². The van der Waals surface area contributed by atoms with E-state index >= 15 is 0 Å². The van der Waals surface area contributed by atoms with Crippen LogP contribution in [0.1, 0.15) is 17.1 Å². The van der Waals surface area contributed by atoms with Crippen molar-refractivity contribution in [3.8, 4) is 17.1 Å². The molecule has 3 rings (SSSR count). The van der Waals surface area contributed by atoms with Gasteiger partial charge in [-0.05, 0) is 38.1 Å². The van der Waals surface area contributed by atoms with Gasteiger partial charge in [0, 0.05) is 16.8 Å². The van der Waals surface area contributed by atoms with Gasteiger partial charge in [0.2, 0.25) is 11.7 Å². The number of thioether (sulfide) groups is 1. The van der Waals surface area contributed by atoms with Crippen molar-refractivity contribution < 1.29 is 9.26 Å². The summed E-state index contributed by atoms with van der Waals surface area (Å²) in [6, 6.07) is 7.40. The topological polar surface area (TPSA) is 93.9 Å². The van der Waals surface area contributed by atoms with E-state index in [2.05, 4.69) is 20.1 Å². The number of ether oxygens (including phenoxy) is 1. The number of hydrogen-bond acceptors (Lipinski definition) is 7. The average molecular weight is 344 g/mol. The van der Waals surface area contributed by atoms with E-state index in [-0.39, 0.29) is 5.56 Å².